The molecule has 0 aliphatic heterocycles. The van der Waals surface area contributed by atoms with Crippen LogP contribution in [-0.4, -0.2) is 9.97 Å². The zero-order chi connectivity index (χ0) is 10.3. The van der Waals surface area contributed by atoms with Gasteiger partial charge in [-0.3, -0.25) is 9.97 Å². The lowest BCUT2D eigenvalue weighted by molar-refractivity contribution is 1.30. The molecular weight excluding hydrogens is 172 g/mol. The second-order valence-corrected chi connectivity index (χ2v) is 3.15. The SMILES string of the molecule is [2H]c1cnc2ccc3ccccc3c2n1. The third-order valence-electron chi connectivity index (χ3n) is 2.32. The summed E-state index contributed by atoms with van der Waals surface area (Å²) in [4.78, 5) is 8.39. The molecule has 2 heteroatoms. The molecule has 0 atom stereocenters. The third kappa shape index (κ3) is 0.973. The van der Waals surface area contributed by atoms with E-state index in [1.807, 2.05) is 36.4 Å². The fourth-order valence-corrected chi connectivity index (χ4v) is 1.66. The van der Waals surface area contributed by atoms with E-state index in [0.717, 1.165) is 21.8 Å². The lowest BCUT2D eigenvalue weighted by atomic mass is 10.1. The number of fused-ring (bicyclic) bond motifs is 3. The standard InChI is InChI=1S/C12H8N2/c1-2-4-10-9(3-1)5-6-11-12(10)14-8-7-13-11/h1-8H/i8D. The van der Waals surface area contributed by atoms with Crippen molar-refractivity contribution in [3.05, 3.63) is 48.8 Å². The van der Waals surface area contributed by atoms with Crippen LogP contribution in [0.2, 0.25) is 0 Å². The van der Waals surface area contributed by atoms with Gasteiger partial charge >= 0.3 is 0 Å². The molecule has 2 nitrogen and oxygen atoms in total. The number of hydrogen-bond donors (Lipinski definition) is 0. The van der Waals surface area contributed by atoms with Crippen LogP contribution in [0.3, 0.4) is 0 Å². The molecule has 0 spiro atoms. The molecule has 0 saturated carbocycles. The van der Waals surface area contributed by atoms with E-state index in [9.17, 15) is 0 Å². The van der Waals surface area contributed by atoms with Gasteiger partial charge in [-0.25, -0.2) is 0 Å². The van der Waals surface area contributed by atoms with E-state index in [2.05, 4.69) is 9.97 Å². The van der Waals surface area contributed by atoms with E-state index in [-0.39, 0.29) is 6.17 Å². The van der Waals surface area contributed by atoms with Crippen molar-refractivity contribution in [3.8, 4) is 0 Å². The summed E-state index contributed by atoms with van der Waals surface area (Å²) >= 11 is 0. The molecule has 0 unspecified atom stereocenters. The highest BCUT2D eigenvalue weighted by Gasteiger charge is 1.99. The van der Waals surface area contributed by atoms with E-state index in [1.54, 1.807) is 0 Å². The van der Waals surface area contributed by atoms with Crippen LogP contribution in [0.5, 0.6) is 0 Å². The molecule has 0 aliphatic carbocycles. The van der Waals surface area contributed by atoms with Crippen LogP contribution in [-0.2, 0) is 0 Å². The van der Waals surface area contributed by atoms with Crippen molar-refractivity contribution in [2.45, 2.75) is 0 Å². The predicted molar refractivity (Wildman–Crippen MR) is 57.0 cm³/mol. The van der Waals surface area contributed by atoms with Gasteiger partial charge in [-0.2, -0.15) is 0 Å². The first-order chi connectivity index (χ1) is 7.34. The van der Waals surface area contributed by atoms with Gasteiger partial charge in [-0.15, -0.1) is 0 Å². The highest BCUT2D eigenvalue weighted by molar-refractivity contribution is 6.03. The highest BCUT2D eigenvalue weighted by atomic mass is 14.8. The first-order valence-corrected chi connectivity index (χ1v) is 4.46. The van der Waals surface area contributed by atoms with Crippen molar-refractivity contribution >= 4 is 21.8 Å². The molecule has 66 valence electrons. The Morgan fingerprint density at radius 2 is 1.93 bits per heavy atom. The van der Waals surface area contributed by atoms with Crippen molar-refractivity contribution < 1.29 is 1.37 Å². The summed E-state index contributed by atoms with van der Waals surface area (Å²) in [5.74, 6) is 0. The maximum Gasteiger partial charge on any atom is 0.0965 e. The van der Waals surface area contributed by atoms with Gasteiger partial charge in [0, 0.05) is 17.8 Å². The maximum absolute atomic E-state index is 7.48. The zero-order valence-electron chi connectivity index (χ0n) is 8.44. The highest BCUT2D eigenvalue weighted by Crippen LogP contribution is 2.21. The Morgan fingerprint density at radius 1 is 1.00 bits per heavy atom. The van der Waals surface area contributed by atoms with E-state index in [1.165, 1.54) is 6.20 Å². The Kier molecular flexibility index (Phi) is 1.28. The van der Waals surface area contributed by atoms with Gasteiger partial charge in [0.05, 0.1) is 12.4 Å². The van der Waals surface area contributed by atoms with Gasteiger partial charge in [-0.1, -0.05) is 30.3 Å². The number of nitrogens with zero attached hydrogens (tertiary/aromatic N) is 2. The molecule has 0 bridgehead atoms. The Balaban J connectivity index is 2.57. The number of benzene rings is 2. The molecule has 14 heavy (non-hydrogen) atoms. The minimum absolute atomic E-state index is 0.207. The molecular formula is C12H8N2. The number of aromatic nitrogens is 2. The molecule has 0 radical (unpaired) electrons. The first-order valence-electron chi connectivity index (χ1n) is 4.96. The normalized spacial score (nSPS) is 11.9. The monoisotopic (exact) mass is 181 g/mol. The summed E-state index contributed by atoms with van der Waals surface area (Å²) in [6.07, 6.45) is 1.68. The summed E-state index contributed by atoms with van der Waals surface area (Å²) in [6, 6.07) is 12.0. The average Bonchev–Trinajstić information content (AvgIpc) is 2.29. The largest absolute Gasteiger partial charge is 0.253 e. The fourth-order valence-electron chi connectivity index (χ4n) is 1.66. The summed E-state index contributed by atoms with van der Waals surface area (Å²) in [5, 5.41) is 2.18. The Bertz CT molecular complexity index is 649. The molecule has 1 aromatic heterocycles. The maximum atomic E-state index is 7.48. The minimum Gasteiger partial charge on any atom is -0.253 e. The second kappa shape index (κ2) is 2.77. The lowest BCUT2D eigenvalue weighted by Gasteiger charge is -2.00. The zero-order valence-corrected chi connectivity index (χ0v) is 7.44. The summed E-state index contributed by atoms with van der Waals surface area (Å²) in [7, 11) is 0. The van der Waals surface area contributed by atoms with Gasteiger partial charge < -0.3 is 0 Å². The quantitative estimate of drug-likeness (QED) is 0.498. The van der Waals surface area contributed by atoms with Crippen LogP contribution in [0.1, 0.15) is 1.37 Å². The van der Waals surface area contributed by atoms with Crippen LogP contribution < -0.4 is 0 Å². The van der Waals surface area contributed by atoms with E-state index < -0.39 is 0 Å². The van der Waals surface area contributed by atoms with Gasteiger partial charge in [0.25, 0.3) is 0 Å². The third-order valence-corrected chi connectivity index (χ3v) is 2.32. The van der Waals surface area contributed by atoms with Gasteiger partial charge in [0.1, 0.15) is 0 Å². The summed E-state index contributed by atoms with van der Waals surface area (Å²) in [5.41, 5.74) is 1.64. The molecule has 1 heterocycles. The molecule has 0 aliphatic rings. The van der Waals surface area contributed by atoms with Gasteiger partial charge in [0.15, 0.2) is 0 Å². The van der Waals surface area contributed by atoms with Crippen LogP contribution in [0.4, 0.5) is 0 Å². The predicted octanol–water partition coefficient (Wildman–Crippen LogP) is 2.78. The molecule has 3 aromatic rings. The van der Waals surface area contributed by atoms with E-state index in [4.69, 9.17) is 1.37 Å². The van der Waals surface area contributed by atoms with Crippen LogP contribution in [0.25, 0.3) is 21.8 Å². The molecule has 0 amide bonds. The molecule has 2 aromatic carbocycles. The number of rotatable bonds is 0. The lowest BCUT2D eigenvalue weighted by Crippen LogP contribution is -1.83. The van der Waals surface area contributed by atoms with Crippen molar-refractivity contribution in [2.24, 2.45) is 0 Å². The van der Waals surface area contributed by atoms with Gasteiger partial charge in [-0.05, 0) is 11.5 Å². The molecule has 0 N–H and O–H groups in total. The van der Waals surface area contributed by atoms with Crippen LogP contribution in [0, 0.1) is 0 Å². The number of hydrogen-bond acceptors (Lipinski definition) is 2. The molecule has 0 fully saturated rings. The topological polar surface area (TPSA) is 25.8 Å². The smallest absolute Gasteiger partial charge is 0.0965 e. The molecule has 3 rings (SSSR count). The van der Waals surface area contributed by atoms with Crippen LogP contribution >= 0.6 is 0 Å². The van der Waals surface area contributed by atoms with Crippen molar-refractivity contribution in [3.63, 3.8) is 0 Å². The van der Waals surface area contributed by atoms with Gasteiger partial charge in [0.2, 0.25) is 0 Å². The van der Waals surface area contributed by atoms with Crippen molar-refractivity contribution in [1.29, 1.82) is 0 Å². The Labute approximate surface area is 82.6 Å². The average molecular weight is 181 g/mol. The van der Waals surface area contributed by atoms with E-state index >= 15 is 0 Å². The Hall–Kier alpha value is -1.96. The molecule has 0 saturated heterocycles. The van der Waals surface area contributed by atoms with Crippen molar-refractivity contribution in [1.82, 2.24) is 9.97 Å². The van der Waals surface area contributed by atoms with E-state index in [0.29, 0.717) is 0 Å². The first kappa shape index (κ1) is 6.49. The van der Waals surface area contributed by atoms with Crippen LogP contribution in [0.15, 0.2) is 48.8 Å². The van der Waals surface area contributed by atoms with Crippen molar-refractivity contribution in [2.75, 3.05) is 0 Å². The minimum atomic E-state index is 0.207. The second-order valence-electron chi connectivity index (χ2n) is 3.15. The summed E-state index contributed by atoms with van der Waals surface area (Å²) < 4.78 is 7.48. The summed E-state index contributed by atoms with van der Waals surface area (Å²) in [6.45, 7) is 0. The fraction of sp³-hybridized carbons (Fsp3) is 0. The Morgan fingerprint density at radius 3 is 2.93 bits per heavy atom.